The van der Waals surface area contributed by atoms with Crippen LogP contribution < -0.4 is 10.2 Å². The maximum absolute atomic E-state index is 14.6. The third kappa shape index (κ3) is 3.69. The van der Waals surface area contributed by atoms with Gasteiger partial charge in [-0.25, -0.2) is 4.39 Å². The van der Waals surface area contributed by atoms with Crippen LogP contribution in [0.3, 0.4) is 0 Å². The van der Waals surface area contributed by atoms with Crippen LogP contribution >= 0.6 is 0 Å². The third-order valence-electron chi connectivity index (χ3n) is 5.99. The summed E-state index contributed by atoms with van der Waals surface area (Å²) in [6.45, 7) is 0.420. The van der Waals surface area contributed by atoms with Crippen molar-refractivity contribution in [3.8, 4) is 6.07 Å². The van der Waals surface area contributed by atoms with Crippen molar-refractivity contribution < 1.29 is 32.5 Å². The van der Waals surface area contributed by atoms with Gasteiger partial charge in [-0.2, -0.15) is 18.4 Å². The molecule has 0 saturated carbocycles. The molecule has 0 aliphatic carbocycles. The predicted octanol–water partition coefficient (Wildman–Crippen LogP) is 1.80. The summed E-state index contributed by atoms with van der Waals surface area (Å²) in [7, 11) is 0. The van der Waals surface area contributed by atoms with Crippen molar-refractivity contribution in [2.75, 3.05) is 24.5 Å². The minimum Gasteiger partial charge on any atom is -0.344 e. The molecular formula is C22H19F4N4O2+. The van der Waals surface area contributed by atoms with Crippen LogP contribution in [0.5, 0.6) is 0 Å². The first-order valence-electron chi connectivity index (χ1n) is 9.95. The van der Waals surface area contributed by atoms with Crippen LogP contribution in [-0.4, -0.2) is 41.9 Å². The van der Waals surface area contributed by atoms with E-state index in [1.807, 2.05) is 11.4 Å². The Balaban J connectivity index is 1.65. The molecule has 6 nitrogen and oxygen atoms in total. The van der Waals surface area contributed by atoms with Crippen molar-refractivity contribution in [1.29, 1.82) is 5.26 Å². The minimum atomic E-state index is -4.47. The van der Waals surface area contributed by atoms with Crippen LogP contribution in [0.2, 0.25) is 0 Å². The van der Waals surface area contributed by atoms with E-state index >= 15 is 0 Å². The standard InChI is InChI=1S/C22H18F4N4O2/c23-17-9-15(10-27)3-6-18(17)29-12-19(31)30(21(20(29)32)7-8-28-13-21)11-14-1-4-16(5-2-14)22(24,25)26/h1-6,9,28H,7-8,11-13H2/p+1/t21-/m0/s1. The number of carbonyl (C=O) groups excluding carboxylic acids is 2. The summed E-state index contributed by atoms with van der Waals surface area (Å²) in [6, 6.07) is 9.97. The first-order chi connectivity index (χ1) is 15.2. The van der Waals surface area contributed by atoms with E-state index in [4.69, 9.17) is 5.26 Å². The van der Waals surface area contributed by atoms with E-state index in [0.29, 0.717) is 18.5 Å². The Morgan fingerprint density at radius 3 is 2.41 bits per heavy atom. The molecule has 1 spiro atoms. The molecule has 0 radical (unpaired) electrons. The van der Waals surface area contributed by atoms with Crippen molar-refractivity contribution >= 4 is 17.5 Å². The normalized spacial score (nSPS) is 21.3. The molecule has 4 rings (SSSR count). The summed E-state index contributed by atoms with van der Waals surface area (Å²) in [5.41, 5.74) is -1.55. The molecule has 2 fully saturated rings. The van der Waals surface area contributed by atoms with Crippen LogP contribution in [0.15, 0.2) is 42.5 Å². The highest BCUT2D eigenvalue weighted by molar-refractivity contribution is 6.09. The molecule has 0 unspecified atom stereocenters. The Hall–Kier alpha value is -3.45. The Bertz CT molecular complexity index is 1100. The van der Waals surface area contributed by atoms with Crippen LogP contribution in [0, 0.1) is 17.1 Å². The molecule has 2 aliphatic rings. The lowest BCUT2D eigenvalue weighted by Crippen LogP contribution is -2.85. The molecule has 0 aromatic heterocycles. The zero-order chi connectivity index (χ0) is 23.1. The average Bonchev–Trinajstić information content (AvgIpc) is 3.24. The van der Waals surface area contributed by atoms with E-state index in [0.717, 1.165) is 23.1 Å². The SMILES string of the molecule is N#Cc1ccc(N2CC(=O)N(Cc3ccc(C(F)(F)F)cc3)[C@]3(CC[NH2+]C3)C2=O)c(F)c1. The number of amides is 2. The number of anilines is 1. The van der Waals surface area contributed by atoms with Gasteiger partial charge in [-0.05, 0) is 35.9 Å². The second-order valence-electron chi connectivity index (χ2n) is 7.91. The maximum Gasteiger partial charge on any atom is 0.416 e. The molecule has 166 valence electrons. The zero-order valence-electron chi connectivity index (χ0n) is 16.8. The van der Waals surface area contributed by atoms with Gasteiger partial charge >= 0.3 is 6.18 Å². The van der Waals surface area contributed by atoms with E-state index in [2.05, 4.69) is 0 Å². The largest absolute Gasteiger partial charge is 0.416 e. The quantitative estimate of drug-likeness (QED) is 0.729. The van der Waals surface area contributed by atoms with Gasteiger partial charge in [0.25, 0.3) is 5.91 Å². The number of carbonyl (C=O) groups is 2. The first kappa shape index (κ1) is 21.8. The van der Waals surface area contributed by atoms with Crippen molar-refractivity contribution in [3.63, 3.8) is 0 Å². The molecule has 2 saturated heterocycles. The number of halogens is 4. The van der Waals surface area contributed by atoms with Gasteiger partial charge in [-0.3, -0.25) is 14.5 Å². The van der Waals surface area contributed by atoms with Crippen molar-refractivity contribution in [3.05, 3.63) is 65.0 Å². The number of rotatable bonds is 3. The average molecular weight is 447 g/mol. The smallest absolute Gasteiger partial charge is 0.344 e. The lowest BCUT2D eigenvalue weighted by Gasteiger charge is -2.45. The highest BCUT2D eigenvalue weighted by Crippen LogP contribution is 2.34. The van der Waals surface area contributed by atoms with Gasteiger partial charge < -0.3 is 10.2 Å². The number of nitriles is 1. The molecule has 32 heavy (non-hydrogen) atoms. The fourth-order valence-electron chi connectivity index (χ4n) is 4.33. The Morgan fingerprint density at radius 1 is 1.12 bits per heavy atom. The van der Waals surface area contributed by atoms with Gasteiger partial charge in [0.1, 0.15) is 18.9 Å². The predicted molar refractivity (Wildman–Crippen MR) is 104 cm³/mol. The second kappa shape index (κ2) is 7.91. The molecule has 2 heterocycles. The van der Waals surface area contributed by atoms with Crippen LogP contribution in [0.4, 0.5) is 23.2 Å². The topological polar surface area (TPSA) is 81.0 Å². The van der Waals surface area contributed by atoms with E-state index in [-0.39, 0.29) is 24.3 Å². The number of hydrogen-bond acceptors (Lipinski definition) is 3. The van der Waals surface area contributed by atoms with Gasteiger partial charge in [0.05, 0.1) is 29.4 Å². The molecule has 2 aromatic rings. The summed E-state index contributed by atoms with van der Waals surface area (Å²) in [5, 5.41) is 10.8. The maximum atomic E-state index is 14.6. The van der Waals surface area contributed by atoms with Crippen LogP contribution in [-0.2, 0) is 22.3 Å². The Labute approximate surface area is 181 Å². The number of piperazine rings is 1. The number of quaternary nitrogens is 1. The Morgan fingerprint density at radius 2 is 1.84 bits per heavy atom. The summed E-state index contributed by atoms with van der Waals surface area (Å²) >= 11 is 0. The summed E-state index contributed by atoms with van der Waals surface area (Å²) in [4.78, 5) is 29.1. The van der Waals surface area contributed by atoms with E-state index in [1.165, 1.54) is 29.2 Å². The van der Waals surface area contributed by atoms with E-state index in [1.54, 1.807) is 0 Å². The van der Waals surface area contributed by atoms with Crippen LogP contribution in [0.25, 0.3) is 0 Å². The third-order valence-corrected chi connectivity index (χ3v) is 5.99. The van der Waals surface area contributed by atoms with Gasteiger partial charge in [-0.1, -0.05) is 12.1 Å². The monoisotopic (exact) mass is 447 g/mol. The summed E-state index contributed by atoms with van der Waals surface area (Å²) in [6.07, 6.45) is -4.13. The molecule has 1 atom stereocenters. The Kier molecular flexibility index (Phi) is 5.38. The second-order valence-corrected chi connectivity index (χ2v) is 7.91. The molecule has 2 aliphatic heterocycles. The number of benzene rings is 2. The van der Waals surface area contributed by atoms with Crippen molar-refractivity contribution in [2.24, 2.45) is 0 Å². The molecule has 2 amide bonds. The molecule has 2 N–H and O–H groups in total. The fourth-order valence-corrected chi connectivity index (χ4v) is 4.33. The molecular weight excluding hydrogens is 428 g/mol. The van der Waals surface area contributed by atoms with Crippen molar-refractivity contribution in [2.45, 2.75) is 24.7 Å². The van der Waals surface area contributed by atoms with Crippen LogP contribution in [0.1, 0.15) is 23.1 Å². The summed E-state index contributed by atoms with van der Waals surface area (Å²) < 4.78 is 53.2. The van der Waals surface area contributed by atoms with E-state index in [9.17, 15) is 27.2 Å². The molecule has 0 bridgehead atoms. The fraction of sp³-hybridized carbons (Fsp3) is 0.318. The molecule has 10 heteroatoms. The highest BCUT2D eigenvalue weighted by atomic mass is 19.4. The summed E-state index contributed by atoms with van der Waals surface area (Å²) in [5.74, 6) is -1.65. The number of alkyl halides is 3. The lowest BCUT2D eigenvalue weighted by molar-refractivity contribution is -0.638. The number of nitrogens with two attached hydrogens (primary N) is 1. The number of nitrogens with zero attached hydrogens (tertiary/aromatic N) is 3. The molecule has 2 aromatic carbocycles. The van der Waals surface area contributed by atoms with Gasteiger partial charge in [0, 0.05) is 13.0 Å². The highest BCUT2D eigenvalue weighted by Gasteiger charge is 2.56. The van der Waals surface area contributed by atoms with Crippen molar-refractivity contribution in [1.82, 2.24) is 4.90 Å². The van der Waals surface area contributed by atoms with Gasteiger partial charge in [0.15, 0.2) is 5.54 Å². The lowest BCUT2D eigenvalue weighted by atomic mass is 9.90. The first-order valence-corrected chi connectivity index (χ1v) is 9.95. The van der Waals surface area contributed by atoms with Gasteiger partial charge in [-0.15, -0.1) is 0 Å². The number of hydrogen-bond donors (Lipinski definition) is 1. The van der Waals surface area contributed by atoms with Gasteiger partial charge in [0.2, 0.25) is 5.91 Å². The zero-order valence-corrected chi connectivity index (χ0v) is 16.8. The minimum absolute atomic E-state index is 0.0275. The van der Waals surface area contributed by atoms with E-state index < -0.39 is 41.5 Å².